The predicted molar refractivity (Wildman–Crippen MR) is 525 cm³/mol. The fourth-order valence-corrected chi connectivity index (χ4v) is 0.874. The van der Waals surface area contributed by atoms with Gasteiger partial charge in [0.2, 0.25) is 70.9 Å². The van der Waals surface area contributed by atoms with E-state index in [2.05, 4.69) is 100 Å². The summed E-state index contributed by atoms with van der Waals surface area (Å²) in [6.07, 6.45) is 1.68. The van der Waals surface area contributed by atoms with E-state index in [1.807, 2.05) is 166 Å². The summed E-state index contributed by atoms with van der Waals surface area (Å²) in [5.74, 6) is -1.00. The Kier molecular flexibility index (Phi) is 836. The van der Waals surface area contributed by atoms with E-state index >= 15 is 0 Å². The molecular weight excluding hydrogens is 1630 g/mol. The standard InChI is InChI=1S/2C5H10N2O2.2C3H8N2O.6C3H7NO.C3H4O.3C2H4O2.4C2H6O.12C2H6.2CH5N.4CH4O/c2*1-4(8)6-3-7-5(2)9;2*1-3(6)5-2-4;6*1-3(5)4-2;1-2-3-4;3*1-2(3)4;4*1-3-2;18*1-2/h2*3H2,1-2H3,(H,6,8)(H,7,9);2*2,4H2,1H3,(H,5,6);6*1-2H3,(H,4,5);4H,1H3;3*1H3,(H,3,4);4*1-2H3;12*1-2H3;2*2H2,1H3;4*2H,1H3. The zero-order valence-electron chi connectivity index (χ0n) is 91.0. The number of ether oxygens (including phenoxy) is 4. The molecule has 0 aliphatic rings. The average molecular weight is 1850 g/mol. The van der Waals surface area contributed by atoms with Gasteiger partial charge in [-0.25, -0.2) is 0 Å². The van der Waals surface area contributed by atoms with Crippen molar-refractivity contribution in [1.29, 1.82) is 0 Å². The first-order valence-electron chi connectivity index (χ1n) is 39.4. The highest BCUT2D eigenvalue weighted by Crippen LogP contribution is 1.60. The molecule has 0 aliphatic carbocycles. The summed E-state index contributed by atoms with van der Waals surface area (Å²) in [6, 6.07) is 0. The number of hydrogen-bond donors (Lipinski definition) is 24. The van der Waals surface area contributed by atoms with Crippen molar-refractivity contribution in [2.75, 3.05) is 168 Å². The molecule has 0 atom stereocenters. The van der Waals surface area contributed by atoms with Gasteiger partial charge in [0.15, 0.2) is 0 Å². The number of amides is 12. The molecule has 0 aromatic rings. The third-order valence-electron chi connectivity index (χ3n) is 4.28. The summed E-state index contributed by atoms with van der Waals surface area (Å²) < 4.78 is 17.0. The maximum Gasteiger partial charge on any atom is 0.300 e. The summed E-state index contributed by atoms with van der Waals surface area (Å²) in [5.41, 5.74) is 18.8. The molecule has 782 valence electrons. The molecule has 0 spiro atoms. The van der Waals surface area contributed by atoms with Gasteiger partial charge in [0.25, 0.3) is 17.9 Å². The van der Waals surface area contributed by atoms with Crippen molar-refractivity contribution in [2.24, 2.45) is 22.9 Å². The molecule has 28 N–H and O–H groups in total. The molecule has 0 unspecified atom stereocenters. The first-order valence-corrected chi connectivity index (χ1v) is 39.4. The van der Waals surface area contributed by atoms with E-state index < -0.39 is 17.9 Å². The van der Waals surface area contributed by atoms with Crippen LogP contribution in [0.4, 0.5) is 0 Å². The second-order valence-corrected chi connectivity index (χ2v) is 13.5. The third-order valence-corrected chi connectivity index (χ3v) is 4.28. The Hall–Kier alpha value is -9.07. The summed E-state index contributed by atoms with van der Waals surface area (Å²) >= 11 is 0. The largest absolute Gasteiger partial charge is 0.481 e. The average Bonchev–Trinajstić information content (AvgIpc) is 1.10. The summed E-state index contributed by atoms with van der Waals surface area (Å²) in [6.45, 7) is 71.0. The van der Waals surface area contributed by atoms with Crippen molar-refractivity contribution in [3.63, 3.8) is 0 Å². The molecule has 0 saturated heterocycles. The smallest absolute Gasteiger partial charge is 0.300 e. The molecule has 0 heterocycles. The minimum Gasteiger partial charge on any atom is -0.481 e. The zero-order valence-corrected chi connectivity index (χ0v) is 91.0. The maximum absolute atomic E-state index is 10.2. The lowest BCUT2D eigenvalue weighted by molar-refractivity contribution is -0.135. The Labute approximate surface area is 761 Å². The lowest BCUT2D eigenvalue weighted by Gasteiger charge is -2.00. The molecule has 0 saturated carbocycles. The van der Waals surface area contributed by atoms with Crippen LogP contribution in [-0.2, 0) is 90.9 Å². The molecule has 12 amide bonds. The van der Waals surface area contributed by atoms with Gasteiger partial charge in [0.1, 0.15) is 6.11 Å². The van der Waals surface area contributed by atoms with Crippen molar-refractivity contribution in [3.8, 4) is 12.0 Å². The van der Waals surface area contributed by atoms with Gasteiger partial charge in [-0.05, 0) is 14.1 Å². The lowest BCUT2D eigenvalue weighted by atomic mass is 10.7. The molecule has 0 aliphatic heterocycles. The molecular formula is C81H216N16O27. The monoisotopic (exact) mass is 1850 g/mol. The molecule has 0 aromatic heterocycles. The molecule has 43 heteroatoms. The molecule has 0 bridgehead atoms. The number of aliphatic hydroxyl groups is 5. The Morgan fingerprint density at radius 1 is 0.234 bits per heavy atom. The van der Waals surface area contributed by atoms with Crippen LogP contribution in [0.25, 0.3) is 0 Å². The molecule has 0 aromatic carbocycles. The van der Waals surface area contributed by atoms with Gasteiger partial charge in [0, 0.05) is 238 Å². The highest BCUT2D eigenvalue weighted by Gasteiger charge is 1.91. The van der Waals surface area contributed by atoms with Gasteiger partial charge in [-0.15, -0.1) is 0 Å². The second-order valence-electron chi connectivity index (χ2n) is 13.5. The highest BCUT2D eigenvalue weighted by molar-refractivity contribution is 5.77. The number of carboxylic acid groups (broad SMARTS) is 3. The van der Waals surface area contributed by atoms with E-state index in [4.69, 9.17) is 66.7 Å². The third kappa shape index (κ3) is 2940. The minimum atomic E-state index is -0.833. The Bertz CT molecular complexity index is 1490. The summed E-state index contributed by atoms with van der Waals surface area (Å²) in [5, 5.41) is 86.4. The second kappa shape index (κ2) is 433. The van der Waals surface area contributed by atoms with E-state index in [1.54, 1.807) is 112 Å². The van der Waals surface area contributed by atoms with Crippen molar-refractivity contribution in [3.05, 3.63) is 0 Å². The van der Waals surface area contributed by atoms with E-state index in [-0.39, 0.29) is 97.6 Å². The van der Waals surface area contributed by atoms with Gasteiger partial charge in [-0.1, -0.05) is 172 Å². The number of rotatable bonds is 6. The van der Waals surface area contributed by atoms with E-state index in [9.17, 15) is 57.5 Å². The quantitative estimate of drug-likeness (QED) is 0.0985. The normalized spacial score (nSPS) is 5.74. The number of nitrogens with two attached hydrogens (primary N) is 4. The summed E-state index contributed by atoms with van der Waals surface area (Å²) in [4.78, 5) is 146. The van der Waals surface area contributed by atoms with E-state index in [0.29, 0.717) is 0 Å². The van der Waals surface area contributed by atoms with Crippen molar-refractivity contribution in [2.45, 2.75) is 277 Å². The van der Waals surface area contributed by atoms with Crippen LogP contribution in [0.3, 0.4) is 0 Å². The molecule has 0 fully saturated rings. The molecule has 124 heavy (non-hydrogen) atoms. The number of methoxy groups -OCH3 is 4. The minimum absolute atomic E-state index is 0.00463. The van der Waals surface area contributed by atoms with Crippen LogP contribution in [0.1, 0.15) is 277 Å². The van der Waals surface area contributed by atoms with Crippen LogP contribution in [0, 0.1) is 12.0 Å². The number of carboxylic acids is 3. The number of aliphatic carboxylic acids is 3. The van der Waals surface area contributed by atoms with Crippen LogP contribution < -0.4 is 86.7 Å². The van der Waals surface area contributed by atoms with Crippen molar-refractivity contribution < 1.29 is 132 Å². The topological polar surface area (TPSA) is 703 Å². The van der Waals surface area contributed by atoms with Crippen LogP contribution in [0.15, 0.2) is 0 Å². The Morgan fingerprint density at radius 2 is 0.290 bits per heavy atom. The van der Waals surface area contributed by atoms with Gasteiger partial charge in [-0.2, -0.15) is 0 Å². The molecule has 0 radical (unpaired) electrons. The lowest BCUT2D eigenvalue weighted by Crippen LogP contribution is -2.34. The Balaban J connectivity index is -0.0000000191. The molecule has 0 rings (SSSR count). The van der Waals surface area contributed by atoms with Crippen LogP contribution in [0.2, 0.25) is 0 Å². The van der Waals surface area contributed by atoms with E-state index in [1.165, 1.54) is 97.2 Å². The number of nitrogens with one attached hydrogen (secondary N) is 12. The van der Waals surface area contributed by atoms with Crippen molar-refractivity contribution in [1.82, 2.24) is 63.8 Å². The van der Waals surface area contributed by atoms with E-state index in [0.717, 1.165) is 49.2 Å². The first-order chi connectivity index (χ1) is 58.2. The summed E-state index contributed by atoms with van der Waals surface area (Å²) in [7, 11) is 29.6. The number of carbonyl (C=O) groups excluding carboxylic acids is 12. The van der Waals surface area contributed by atoms with Gasteiger partial charge in [-0.3, -0.25) is 71.9 Å². The number of aliphatic hydroxyl groups excluding tert-OH is 5. The van der Waals surface area contributed by atoms with Gasteiger partial charge >= 0.3 is 0 Å². The number of carbonyl (C=O) groups is 15. The van der Waals surface area contributed by atoms with Gasteiger partial charge < -0.3 is 147 Å². The number of hydrogen-bond acceptors (Lipinski definition) is 28. The first kappa shape index (κ1) is 239. The SMILES string of the molecule is CC.CC.CC.CC.CC.CC.CC.CC.CC.CC.CC.CC.CC#CO.CC(=O)NCN.CC(=O)NCN.CC(=O)NCNC(C)=O.CC(=O)NCNC(C)=O.CC(=O)O.CC(=O)O.CC(=O)O.CN.CN.CNC(C)=O.CNC(C)=O.CNC(C)=O.CNC(C)=O.CNC(C)=O.CNC(C)=O.CO.CO.CO.CO.COC.COC.COC.COC. The fraction of sp³-hybridized carbons (Fsp3) is 0.790. The van der Waals surface area contributed by atoms with Crippen LogP contribution >= 0.6 is 0 Å². The van der Waals surface area contributed by atoms with Crippen LogP contribution in [-0.4, -0.2) is 298 Å². The Morgan fingerprint density at radius 3 is 0.306 bits per heavy atom. The van der Waals surface area contributed by atoms with Crippen LogP contribution in [0.5, 0.6) is 0 Å². The van der Waals surface area contributed by atoms with Gasteiger partial charge in [0.05, 0.1) is 26.7 Å². The van der Waals surface area contributed by atoms with Crippen molar-refractivity contribution >= 4 is 88.8 Å². The zero-order chi connectivity index (χ0) is 111. The predicted octanol–water partition coefficient (Wildman–Crippen LogP) is 6.58. The maximum atomic E-state index is 10.2. The highest BCUT2D eigenvalue weighted by atomic mass is 16.5. The molecule has 43 nitrogen and oxygen atoms in total. The fourth-order valence-electron chi connectivity index (χ4n) is 0.874.